The van der Waals surface area contributed by atoms with E-state index in [2.05, 4.69) is 31.0 Å². The molecule has 0 saturated carbocycles. The number of pyridine rings is 1. The van der Waals surface area contributed by atoms with Crippen molar-refractivity contribution in [3.63, 3.8) is 0 Å². The van der Waals surface area contributed by atoms with Crippen molar-refractivity contribution in [3.8, 4) is 0 Å². The van der Waals surface area contributed by atoms with Gasteiger partial charge < -0.3 is 21.1 Å². The zero-order chi connectivity index (χ0) is 22.8. The number of fused-ring (bicyclic) bond motifs is 1. The molecule has 3 aromatic rings. The number of nitrogens with zero attached hydrogens (tertiary/aromatic N) is 3. The number of hydrogen-bond acceptors (Lipinski definition) is 6. The van der Waals surface area contributed by atoms with E-state index in [1.807, 2.05) is 13.8 Å². The maximum atomic E-state index is 14.3. The van der Waals surface area contributed by atoms with Gasteiger partial charge >= 0.3 is 5.65 Å². The molecule has 0 spiro atoms. The zero-order valence-corrected chi connectivity index (χ0v) is 17.7. The van der Waals surface area contributed by atoms with Crippen LogP contribution in [0.3, 0.4) is 0 Å². The third-order valence-corrected chi connectivity index (χ3v) is 4.44. The third-order valence-electron chi connectivity index (χ3n) is 4.44. The second kappa shape index (κ2) is 8.80. The molecule has 0 aliphatic heterocycles. The molecular formula is C20H26F2N7O2+. The highest BCUT2D eigenvalue weighted by Crippen LogP contribution is 2.23. The second-order valence-electron chi connectivity index (χ2n) is 8.00. The van der Waals surface area contributed by atoms with E-state index in [9.17, 15) is 18.7 Å². The molecule has 1 amide bonds. The van der Waals surface area contributed by atoms with Gasteiger partial charge in [0.15, 0.2) is 6.20 Å². The molecule has 9 nitrogen and oxygen atoms in total. The molecule has 11 heteroatoms. The van der Waals surface area contributed by atoms with Gasteiger partial charge in [-0.2, -0.15) is 4.39 Å². The summed E-state index contributed by atoms with van der Waals surface area (Å²) in [6.07, 6.45) is 2.54. The standard InChI is InChI=1S/C20H25F2N7O2/c1-11(2)26-14-7-16(27-18-13(21)10-29-17(28-18)5-6-25-29)23-8-12(14)19(30)24-9-15(22)20(3,4)31/h5-8,10-11,15,31H,9H2,1-4H3,(H3,23,24,25,26,27,28,30)/p+1/t15-/m1/s1. The summed E-state index contributed by atoms with van der Waals surface area (Å²) in [5, 5.41) is 20.9. The van der Waals surface area contributed by atoms with E-state index in [1.54, 1.807) is 18.3 Å². The lowest BCUT2D eigenvalue weighted by molar-refractivity contribution is -0.580. The van der Waals surface area contributed by atoms with Gasteiger partial charge in [-0.05, 0) is 32.7 Å². The molecule has 0 aromatic carbocycles. The minimum atomic E-state index is -1.64. The second-order valence-corrected chi connectivity index (χ2v) is 8.00. The molecule has 0 saturated heterocycles. The number of carbonyl (C=O) groups excluding carboxylic acids is 1. The summed E-state index contributed by atoms with van der Waals surface area (Å²) in [6, 6.07) is 3.21. The Hall–Kier alpha value is -3.34. The first kappa shape index (κ1) is 22.3. The number of amides is 1. The molecule has 3 rings (SSSR count). The fourth-order valence-electron chi connectivity index (χ4n) is 2.75. The Morgan fingerprint density at radius 1 is 1.39 bits per heavy atom. The number of alkyl halides is 1. The Kier molecular flexibility index (Phi) is 6.34. The summed E-state index contributed by atoms with van der Waals surface area (Å²) >= 11 is 0. The van der Waals surface area contributed by atoms with Gasteiger partial charge in [0, 0.05) is 24.5 Å². The van der Waals surface area contributed by atoms with E-state index in [-0.39, 0.29) is 29.8 Å². The number of aliphatic hydroxyl groups is 1. The Morgan fingerprint density at radius 2 is 2.13 bits per heavy atom. The lowest BCUT2D eigenvalue weighted by Gasteiger charge is -2.23. The van der Waals surface area contributed by atoms with Crippen molar-refractivity contribution in [1.29, 1.82) is 0 Å². The number of H-pyrrole nitrogens is 1. The predicted octanol–water partition coefficient (Wildman–Crippen LogP) is 2.09. The van der Waals surface area contributed by atoms with Crippen molar-refractivity contribution in [3.05, 3.63) is 42.1 Å². The van der Waals surface area contributed by atoms with Crippen LogP contribution in [-0.2, 0) is 0 Å². The SMILES string of the molecule is CC(C)Nc1cc(Nc2nc3cc[nH][n+]3cc2F)ncc1C(=O)NC[C@@H](F)C(C)(C)O. The van der Waals surface area contributed by atoms with Crippen molar-refractivity contribution in [2.24, 2.45) is 0 Å². The lowest BCUT2D eigenvalue weighted by Crippen LogP contribution is -2.42. The molecule has 166 valence electrons. The van der Waals surface area contributed by atoms with Gasteiger partial charge in [0.1, 0.15) is 12.0 Å². The fraction of sp³-hybridized carbons (Fsp3) is 0.400. The van der Waals surface area contributed by atoms with Crippen LogP contribution in [0.15, 0.2) is 30.7 Å². The Labute approximate surface area is 177 Å². The summed E-state index contributed by atoms with van der Waals surface area (Å²) in [6.45, 7) is 6.08. The number of hydrogen-bond donors (Lipinski definition) is 5. The molecular weight excluding hydrogens is 408 g/mol. The van der Waals surface area contributed by atoms with Crippen LogP contribution in [0, 0.1) is 5.82 Å². The summed E-state index contributed by atoms with van der Waals surface area (Å²) in [5.41, 5.74) is -0.449. The molecule has 1 atom stereocenters. The molecule has 3 aromatic heterocycles. The Morgan fingerprint density at radius 3 is 2.81 bits per heavy atom. The lowest BCUT2D eigenvalue weighted by atomic mass is 10.0. The summed E-state index contributed by atoms with van der Waals surface area (Å²) in [5.74, 6) is -0.901. The van der Waals surface area contributed by atoms with Crippen LogP contribution >= 0.6 is 0 Å². The molecule has 0 aliphatic rings. The molecule has 5 N–H and O–H groups in total. The molecule has 31 heavy (non-hydrogen) atoms. The topological polar surface area (TPSA) is 119 Å². The van der Waals surface area contributed by atoms with Gasteiger partial charge in [0.25, 0.3) is 11.7 Å². The molecule has 0 aliphatic carbocycles. The van der Waals surface area contributed by atoms with Crippen LogP contribution in [-0.4, -0.2) is 50.4 Å². The average molecular weight is 434 g/mol. The molecule has 3 heterocycles. The van der Waals surface area contributed by atoms with Crippen LogP contribution in [0.5, 0.6) is 0 Å². The van der Waals surface area contributed by atoms with Crippen molar-refractivity contribution in [1.82, 2.24) is 20.4 Å². The Bertz CT molecular complexity index is 1080. The number of anilines is 3. The van der Waals surface area contributed by atoms with E-state index in [0.29, 0.717) is 11.3 Å². The number of aromatic nitrogens is 4. The van der Waals surface area contributed by atoms with E-state index in [0.717, 1.165) is 0 Å². The molecule has 0 radical (unpaired) electrons. The maximum Gasteiger partial charge on any atom is 0.350 e. The van der Waals surface area contributed by atoms with Crippen molar-refractivity contribution in [2.75, 3.05) is 17.2 Å². The van der Waals surface area contributed by atoms with Crippen molar-refractivity contribution in [2.45, 2.75) is 45.5 Å². The van der Waals surface area contributed by atoms with Crippen LogP contribution < -0.4 is 20.5 Å². The number of rotatable bonds is 8. The van der Waals surface area contributed by atoms with E-state index < -0.39 is 23.5 Å². The minimum absolute atomic E-state index is 0.0189. The highest BCUT2D eigenvalue weighted by atomic mass is 19.1. The van der Waals surface area contributed by atoms with E-state index in [4.69, 9.17) is 0 Å². The highest BCUT2D eigenvalue weighted by molar-refractivity contribution is 5.99. The summed E-state index contributed by atoms with van der Waals surface area (Å²) < 4.78 is 29.7. The monoisotopic (exact) mass is 434 g/mol. The number of aromatic amines is 1. The average Bonchev–Trinajstić information content (AvgIpc) is 3.12. The largest absolute Gasteiger partial charge is 0.387 e. The highest BCUT2D eigenvalue weighted by Gasteiger charge is 2.27. The first-order valence-electron chi connectivity index (χ1n) is 9.78. The van der Waals surface area contributed by atoms with Crippen LogP contribution in [0.1, 0.15) is 38.1 Å². The van der Waals surface area contributed by atoms with Crippen LogP contribution in [0.2, 0.25) is 0 Å². The first-order chi connectivity index (χ1) is 14.5. The number of nitrogens with one attached hydrogen (secondary N) is 4. The van der Waals surface area contributed by atoms with E-state index in [1.165, 1.54) is 30.8 Å². The normalized spacial score (nSPS) is 12.8. The zero-order valence-electron chi connectivity index (χ0n) is 17.7. The maximum absolute atomic E-state index is 14.3. The third kappa shape index (κ3) is 5.43. The van der Waals surface area contributed by atoms with Gasteiger partial charge in [0.2, 0.25) is 5.82 Å². The minimum Gasteiger partial charge on any atom is -0.387 e. The molecule has 0 unspecified atom stereocenters. The van der Waals surface area contributed by atoms with Gasteiger partial charge in [0.05, 0.1) is 29.5 Å². The number of halogens is 2. The number of carbonyl (C=O) groups is 1. The Balaban J connectivity index is 1.83. The van der Waals surface area contributed by atoms with E-state index >= 15 is 0 Å². The van der Waals surface area contributed by atoms with Crippen LogP contribution in [0.25, 0.3) is 5.65 Å². The van der Waals surface area contributed by atoms with Gasteiger partial charge in [-0.25, -0.2) is 14.5 Å². The molecule has 0 bridgehead atoms. The van der Waals surface area contributed by atoms with Gasteiger partial charge in [-0.3, -0.25) is 4.79 Å². The van der Waals surface area contributed by atoms with Crippen LogP contribution in [0.4, 0.5) is 26.1 Å². The molecule has 0 fully saturated rings. The smallest absolute Gasteiger partial charge is 0.350 e. The van der Waals surface area contributed by atoms with Gasteiger partial charge in [-0.1, -0.05) is 0 Å². The fourth-order valence-corrected chi connectivity index (χ4v) is 2.75. The van der Waals surface area contributed by atoms with Crippen molar-refractivity contribution >= 4 is 28.9 Å². The quantitative estimate of drug-likeness (QED) is 0.347. The summed E-state index contributed by atoms with van der Waals surface area (Å²) in [4.78, 5) is 20.9. The predicted molar refractivity (Wildman–Crippen MR) is 112 cm³/mol. The van der Waals surface area contributed by atoms with Crippen molar-refractivity contribution < 1.29 is 23.2 Å². The first-order valence-corrected chi connectivity index (χ1v) is 9.78. The summed E-state index contributed by atoms with van der Waals surface area (Å²) in [7, 11) is 0. The van der Waals surface area contributed by atoms with Gasteiger partial charge in [-0.15, -0.1) is 4.52 Å².